The van der Waals surface area contributed by atoms with Crippen LogP contribution in [0, 0.1) is 10.1 Å². The number of ketones is 1. The van der Waals surface area contributed by atoms with E-state index in [0.29, 0.717) is 22.7 Å². The number of benzene rings is 3. The minimum absolute atomic E-state index is 0.0510. The van der Waals surface area contributed by atoms with Crippen LogP contribution in [0.5, 0.6) is 11.5 Å². The second kappa shape index (κ2) is 8.77. The van der Waals surface area contributed by atoms with Gasteiger partial charge in [-0.1, -0.05) is 45.0 Å². The summed E-state index contributed by atoms with van der Waals surface area (Å²) in [7, 11) is 0. The van der Waals surface area contributed by atoms with Crippen molar-refractivity contribution >= 4 is 28.8 Å². The second-order valence-corrected chi connectivity index (χ2v) is 9.88. The SMILES string of the molecule is CC(C)(C)c1ccc(C2/C(=C(\O)c3ccc([N+](=O)[O-])cc3)C(=O)C(=O)N2c2ccc3c(c2)OCO3)cc1. The third-order valence-corrected chi connectivity index (χ3v) is 6.52. The molecule has 188 valence electrons. The molecule has 9 nitrogen and oxygen atoms in total. The maximum absolute atomic E-state index is 13.4. The Morgan fingerprint density at radius 3 is 2.24 bits per heavy atom. The average Bonchev–Trinajstić information content (AvgIpc) is 3.45. The fraction of sp³-hybridized carbons (Fsp3) is 0.214. The summed E-state index contributed by atoms with van der Waals surface area (Å²) >= 11 is 0. The van der Waals surface area contributed by atoms with E-state index in [1.807, 2.05) is 24.3 Å². The number of aliphatic hydroxyl groups is 1. The number of Topliss-reactive ketones (excluding diaryl/α,β-unsaturated/α-hetero) is 1. The van der Waals surface area contributed by atoms with E-state index in [2.05, 4.69) is 20.8 Å². The van der Waals surface area contributed by atoms with Gasteiger partial charge in [0.1, 0.15) is 5.76 Å². The van der Waals surface area contributed by atoms with Crippen molar-refractivity contribution in [2.75, 3.05) is 11.7 Å². The molecule has 0 radical (unpaired) electrons. The van der Waals surface area contributed by atoms with Crippen LogP contribution in [0.25, 0.3) is 5.76 Å². The number of nitro groups is 1. The van der Waals surface area contributed by atoms with Gasteiger partial charge < -0.3 is 14.6 Å². The largest absolute Gasteiger partial charge is 0.507 e. The Hall–Kier alpha value is -4.66. The monoisotopic (exact) mass is 500 g/mol. The number of aliphatic hydroxyl groups excluding tert-OH is 1. The summed E-state index contributed by atoms with van der Waals surface area (Å²) in [5, 5.41) is 22.3. The van der Waals surface area contributed by atoms with E-state index < -0.39 is 28.4 Å². The molecule has 0 aliphatic carbocycles. The number of non-ortho nitro benzene ring substituents is 1. The fourth-order valence-corrected chi connectivity index (χ4v) is 4.51. The Kier molecular flexibility index (Phi) is 5.70. The summed E-state index contributed by atoms with van der Waals surface area (Å²) in [6.07, 6.45) is 0. The molecule has 37 heavy (non-hydrogen) atoms. The minimum atomic E-state index is -0.940. The van der Waals surface area contributed by atoms with E-state index in [9.17, 15) is 24.8 Å². The summed E-state index contributed by atoms with van der Waals surface area (Å²) in [4.78, 5) is 38.6. The molecule has 1 saturated heterocycles. The number of ether oxygens (including phenoxy) is 2. The van der Waals surface area contributed by atoms with Gasteiger partial charge in [-0.05, 0) is 40.8 Å². The Morgan fingerprint density at radius 1 is 0.973 bits per heavy atom. The van der Waals surface area contributed by atoms with Gasteiger partial charge in [0.15, 0.2) is 11.5 Å². The first kappa shape index (κ1) is 24.1. The maximum Gasteiger partial charge on any atom is 0.300 e. The van der Waals surface area contributed by atoms with Crippen molar-refractivity contribution in [3.05, 3.63) is 99.1 Å². The fourth-order valence-electron chi connectivity index (χ4n) is 4.51. The molecule has 9 heteroatoms. The van der Waals surface area contributed by atoms with Crippen molar-refractivity contribution in [3.63, 3.8) is 0 Å². The molecule has 2 aliphatic heterocycles. The van der Waals surface area contributed by atoms with Gasteiger partial charge in [0.05, 0.1) is 16.5 Å². The lowest BCUT2D eigenvalue weighted by atomic mass is 9.85. The molecule has 1 N–H and O–H groups in total. The molecule has 5 rings (SSSR count). The van der Waals surface area contributed by atoms with Gasteiger partial charge in [-0.2, -0.15) is 0 Å². The molecule has 2 aliphatic rings. The molecule has 1 unspecified atom stereocenters. The lowest BCUT2D eigenvalue weighted by Crippen LogP contribution is -2.29. The van der Waals surface area contributed by atoms with Crippen LogP contribution in [0.1, 0.15) is 43.5 Å². The molecule has 1 amide bonds. The Labute approximate surface area is 212 Å². The van der Waals surface area contributed by atoms with Crippen molar-refractivity contribution in [3.8, 4) is 11.5 Å². The first-order chi connectivity index (χ1) is 17.6. The van der Waals surface area contributed by atoms with Crippen molar-refractivity contribution in [1.82, 2.24) is 0 Å². The van der Waals surface area contributed by atoms with Crippen molar-refractivity contribution in [2.45, 2.75) is 32.2 Å². The van der Waals surface area contributed by atoms with E-state index in [1.54, 1.807) is 18.2 Å². The molecule has 0 spiro atoms. The maximum atomic E-state index is 13.4. The normalized spacial score (nSPS) is 18.4. The molecule has 3 aromatic rings. The highest BCUT2D eigenvalue weighted by Crippen LogP contribution is 2.45. The van der Waals surface area contributed by atoms with Crippen LogP contribution in [0.3, 0.4) is 0 Å². The number of fused-ring (bicyclic) bond motifs is 1. The summed E-state index contributed by atoms with van der Waals surface area (Å²) < 4.78 is 10.8. The number of carbonyl (C=O) groups excluding carboxylic acids is 2. The molecule has 1 fully saturated rings. The Bertz CT molecular complexity index is 1450. The number of nitro benzene ring substituents is 1. The minimum Gasteiger partial charge on any atom is -0.507 e. The first-order valence-corrected chi connectivity index (χ1v) is 11.6. The molecule has 0 saturated carbocycles. The number of carbonyl (C=O) groups is 2. The van der Waals surface area contributed by atoms with E-state index in [0.717, 1.165) is 5.56 Å². The first-order valence-electron chi connectivity index (χ1n) is 11.6. The van der Waals surface area contributed by atoms with E-state index in [-0.39, 0.29) is 29.0 Å². The van der Waals surface area contributed by atoms with Gasteiger partial charge in [0.2, 0.25) is 6.79 Å². The highest BCUT2D eigenvalue weighted by Gasteiger charge is 2.47. The molecule has 0 aromatic heterocycles. The molecule has 0 bridgehead atoms. The number of hydrogen-bond donors (Lipinski definition) is 1. The zero-order chi connectivity index (χ0) is 26.5. The van der Waals surface area contributed by atoms with Crippen molar-refractivity contribution < 1.29 is 29.1 Å². The van der Waals surface area contributed by atoms with Crippen LogP contribution in [0.4, 0.5) is 11.4 Å². The number of anilines is 1. The van der Waals surface area contributed by atoms with Gasteiger partial charge in [0, 0.05) is 29.4 Å². The molecule has 1 atom stereocenters. The predicted molar refractivity (Wildman–Crippen MR) is 136 cm³/mol. The zero-order valence-corrected chi connectivity index (χ0v) is 20.4. The summed E-state index contributed by atoms with van der Waals surface area (Å²) in [5.41, 5.74) is 1.88. The Morgan fingerprint density at radius 2 is 1.62 bits per heavy atom. The van der Waals surface area contributed by atoms with Crippen LogP contribution < -0.4 is 14.4 Å². The van der Waals surface area contributed by atoms with Gasteiger partial charge >= 0.3 is 0 Å². The van der Waals surface area contributed by atoms with Gasteiger partial charge in [0.25, 0.3) is 17.4 Å². The molecule has 2 heterocycles. The predicted octanol–water partition coefficient (Wildman–Crippen LogP) is 5.25. The number of rotatable bonds is 4. The summed E-state index contributed by atoms with van der Waals surface area (Å²) in [5.74, 6) is -1.12. The van der Waals surface area contributed by atoms with Gasteiger partial charge in [-0.3, -0.25) is 24.6 Å². The lowest BCUT2D eigenvalue weighted by Gasteiger charge is -2.26. The number of nitrogens with zero attached hydrogens (tertiary/aromatic N) is 2. The third kappa shape index (κ3) is 4.18. The second-order valence-electron chi connectivity index (χ2n) is 9.88. The van der Waals surface area contributed by atoms with Crippen LogP contribution in [-0.2, 0) is 15.0 Å². The molecular formula is C28H24N2O7. The average molecular weight is 501 g/mol. The number of hydrogen-bond acceptors (Lipinski definition) is 7. The van der Waals surface area contributed by atoms with E-state index in [4.69, 9.17) is 9.47 Å². The Balaban J connectivity index is 1.67. The molecule has 3 aromatic carbocycles. The summed E-state index contributed by atoms with van der Waals surface area (Å²) in [6, 6.07) is 16.7. The van der Waals surface area contributed by atoms with Gasteiger partial charge in [-0.25, -0.2) is 0 Å². The van der Waals surface area contributed by atoms with Crippen molar-refractivity contribution in [1.29, 1.82) is 0 Å². The third-order valence-electron chi connectivity index (χ3n) is 6.52. The van der Waals surface area contributed by atoms with Crippen LogP contribution >= 0.6 is 0 Å². The van der Waals surface area contributed by atoms with Gasteiger partial charge in [-0.15, -0.1) is 0 Å². The van der Waals surface area contributed by atoms with Crippen LogP contribution in [-0.4, -0.2) is 28.5 Å². The quantitative estimate of drug-likeness (QED) is 0.171. The lowest BCUT2D eigenvalue weighted by molar-refractivity contribution is -0.384. The number of amides is 1. The van der Waals surface area contributed by atoms with Crippen molar-refractivity contribution in [2.24, 2.45) is 0 Å². The van der Waals surface area contributed by atoms with E-state index >= 15 is 0 Å². The smallest absolute Gasteiger partial charge is 0.300 e. The highest BCUT2D eigenvalue weighted by molar-refractivity contribution is 6.51. The highest BCUT2D eigenvalue weighted by atomic mass is 16.7. The van der Waals surface area contributed by atoms with E-state index in [1.165, 1.54) is 29.2 Å². The van der Waals surface area contributed by atoms with Crippen LogP contribution in [0.15, 0.2) is 72.3 Å². The topological polar surface area (TPSA) is 119 Å². The standard InChI is InChI=1S/C28H24N2O7/c1-28(2,3)18-8-4-16(5-9-18)24-23(25(31)17-6-10-19(11-7-17)30(34)35)26(32)27(33)29(24)20-12-13-21-22(14-20)37-15-36-21/h4-14,24,31H,15H2,1-3H3/b25-23+. The van der Waals surface area contributed by atoms with Crippen LogP contribution in [0.2, 0.25) is 0 Å². The zero-order valence-electron chi connectivity index (χ0n) is 20.4. The molecular weight excluding hydrogens is 476 g/mol. The summed E-state index contributed by atoms with van der Waals surface area (Å²) in [6.45, 7) is 6.29.